The Hall–Kier alpha value is -1.52. The lowest BCUT2D eigenvalue weighted by molar-refractivity contribution is 0.0985. The molecule has 1 aromatic heterocycles. The number of nitrogens with two attached hydrogens (primary N) is 1. The monoisotopic (exact) mass is 186 g/mol. The minimum absolute atomic E-state index is 0.222. The first kappa shape index (κ1) is 9.57. The molecule has 0 aliphatic rings. The maximum atomic E-state index is 12.3. The average molecular weight is 186 g/mol. The zero-order chi connectivity index (χ0) is 10.0. The van der Waals surface area contributed by atoms with Gasteiger partial charge >= 0.3 is 0 Å². The Morgan fingerprint density at radius 1 is 1.62 bits per heavy atom. The standard InChI is InChI=1S/C8H8F2N2O/c1-4-2-5(7(9)10)6(3-12-4)8(11)13/h2-3,7H,1H3,(H2,11,13). The second-order valence-electron chi connectivity index (χ2n) is 2.58. The SMILES string of the molecule is Cc1cc(C(F)F)c(C(N)=O)cn1. The molecule has 0 radical (unpaired) electrons. The number of rotatable bonds is 2. The van der Waals surface area contributed by atoms with Crippen LogP contribution in [0.15, 0.2) is 12.3 Å². The number of pyridine rings is 1. The maximum absolute atomic E-state index is 12.3. The predicted molar refractivity (Wildman–Crippen MR) is 42.4 cm³/mol. The van der Waals surface area contributed by atoms with Crippen LogP contribution in [0.4, 0.5) is 8.78 Å². The lowest BCUT2D eigenvalue weighted by atomic mass is 10.1. The molecule has 1 aromatic rings. The van der Waals surface area contributed by atoms with E-state index in [9.17, 15) is 13.6 Å². The van der Waals surface area contributed by atoms with Gasteiger partial charge in [-0.2, -0.15) is 0 Å². The van der Waals surface area contributed by atoms with Crippen LogP contribution in [0.3, 0.4) is 0 Å². The first-order valence-electron chi connectivity index (χ1n) is 3.57. The molecule has 0 saturated heterocycles. The van der Waals surface area contributed by atoms with E-state index in [1.165, 1.54) is 0 Å². The molecule has 0 fully saturated rings. The van der Waals surface area contributed by atoms with Crippen LogP contribution >= 0.6 is 0 Å². The Kier molecular flexibility index (Phi) is 2.55. The number of hydrogen-bond donors (Lipinski definition) is 1. The van der Waals surface area contributed by atoms with Crippen molar-refractivity contribution in [3.05, 3.63) is 29.1 Å². The Morgan fingerprint density at radius 2 is 2.23 bits per heavy atom. The highest BCUT2D eigenvalue weighted by atomic mass is 19.3. The van der Waals surface area contributed by atoms with Crippen molar-refractivity contribution in [2.24, 2.45) is 5.73 Å². The summed E-state index contributed by atoms with van der Waals surface area (Å²) in [7, 11) is 0. The molecule has 0 unspecified atom stereocenters. The van der Waals surface area contributed by atoms with Gasteiger partial charge < -0.3 is 5.73 Å². The third-order valence-corrected chi connectivity index (χ3v) is 1.57. The van der Waals surface area contributed by atoms with Crippen LogP contribution in [0.1, 0.15) is 28.0 Å². The molecule has 1 rings (SSSR count). The molecule has 0 aliphatic heterocycles. The normalized spacial score (nSPS) is 10.5. The molecular weight excluding hydrogens is 178 g/mol. The van der Waals surface area contributed by atoms with Gasteiger partial charge in [-0.1, -0.05) is 0 Å². The smallest absolute Gasteiger partial charge is 0.264 e. The van der Waals surface area contributed by atoms with E-state index in [0.717, 1.165) is 12.3 Å². The second-order valence-corrected chi connectivity index (χ2v) is 2.58. The van der Waals surface area contributed by atoms with Gasteiger partial charge in [0.2, 0.25) is 0 Å². The topological polar surface area (TPSA) is 56.0 Å². The first-order chi connectivity index (χ1) is 6.02. The molecule has 70 valence electrons. The fourth-order valence-electron chi connectivity index (χ4n) is 0.967. The number of aryl methyl sites for hydroxylation is 1. The highest BCUT2D eigenvalue weighted by molar-refractivity contribution is 5.94. The third kappa shape index (κ3) is 1.99. The fraction of sp³-hybridized carbons (Fsp3) is 0.250. The van der Waals surface area contributed by atoms with Crippen LogP contribution < -0.4 is 5.73 Å². The van der Waals surface area contributed by atoms with Crippen LogP contribution in [0.5, 0.6) is 0 Å². The van der Waals surface area contributed by atoms with E-state index in [4.69, 9.17) is 5.73 Å². The molecule has 0 aliphatic carbocycles. The molecule has 1 amide bonds. The summed E-state index contributed by atoms with van der Waals surface area (Å²) in [5, 5.41) is 0. The van der Waals surface area contributed by atoms with Crippen molar-refractivity contribution < 1.29 is 13.6 Å². The van der Waals surface area contributed by atoms with E-state index in [2.05, 4.69) is 4.98 Å². The molecule has 2 N–H and O–H groups in total. The zero-order valence-electron chi connectivity index (χ0n) is 6.92. The number of aromatic nitrogens is 1. The molecule has 5 heteroatoms. The molecule has 3 nitrogen and oxygen atoms in total. The number of primary amides is 1. The highest BCUT2D eigenvalue weighted by Crippen LogP contribution is 2.22. The van der Waals surface area contributed by atoms with Gasteiger partial charge in [-0.15, -0.1) is 0 Å². The minimum Gasteiger partial charge on any atom is -0.366 e. The van der Waals surface area contributed by atoms with Crippen LogP contribution in [0.25, 0.3) is 0 Å². The Balaban J connectivity index is 3.26. The highest BCUT2D eigenvalue weighted by Gasteiger charge is 2.16. The summed E-state index contributed by atoms with van der Waals surface area (Å²) in [5.41, 5.74) is 4.74. The second kappa shape index (κ2) is 3.47. The van der Waals surface area contributed by atoms with Gasteiger partial charge in [0.1, 0.15) is 0 Å². The molecule has 0 bridgehead atoms. The predicted octanol–water partition coefficient (Wildman–Crippen LogP) is 1.43. The summed E-state index contributed by atoms with van der Waals surface area (Å²) < 4.78 is 24.7. The Labute approximate surface area is 73.6 Å². The van der Waals surface area contributed by atoms with Crippen molar-refractivity contribution in [1.29, 1.82) is 0 Å². The van der Waals surface area contributed by atoms with Gasteiger partial charge in [-0.3, -0.25) is 9.78 Å². The summed E-state index contributed by atoms with van der Waals surface area (Å²) in [4.78, 5) is 14.4. The van der Waals surface area contributed by atoms with E-state index in [1.807, 2.05) is 0 Å². The van der Waals surface area contributed by atoms with Crippen molar-refractivity contribution >= 4 is 5.91 Å². The van der Waals surface area contributed by atoms with Crippen molar-refractivity contribution in [2.45, 2.75) is 13.3 Å². The van der Waals surface area contributed by atoms with E-state index in [1.54, 1.807) is 6.92 Å². The lowest BCUT2D eigenvalue weighted by Gasteiger charge is -2.05. The van der Waals surface area contributed by atoms with Gasteiger partial charge in [-0.25, -0.2) is 8.78 Å². The van der Waals surface area contributed by atoms with E-state index in [0.29, 0.717) is 5.69 Å². The Morgan fingerprint density at radius 3 is 2.69 bits per heavy atom. The van der Waals surface area contributed by atoms with Gasteiger partial charge in [0.25, 0.3) is 12.3 Å². The number of halogens is 2. The third-order valence-electron chi connectivity index (χ3n) is 1.57. The van der Waals surface area contributed by atoms with E-state index in [-0.39, 0.29) is 11.1 Å². The van der Waals surface area contributed by atoms with Gasteiger partial charge in [0, 0.05) is 17.5 Å². The summed E-state index contributed by atoms with van der Waals surface area (Å²) in [6, 6.07) is 1.16. The maximum Gasteiger partial charge on any atom is 0.264 e. The lowest BCUT2D eigenvalue weighted by Crippen LogP contribution is -2.14. The summed E-state index contributed by atoms with van der Waals surface area (Å²) in [6.45, 7) is 1.57. The average Bonchev–Trinajstić information content (AvgIpc) is 2.03. The van der Waals surface area contributed by atoms with Crippen molar-refractivity contribution in [2.75, 3.05) is 0 Å². The largest absolute Gasteiger partial charge is 0.366 e. The zero-order valence-corrected chi connectivity index (χ0v) is 6.92. The number of nitrogens with zero attached hydrogens (tertiary/aromatic N) is 1. The fourth-order valence-corrected chi connectivity index (χ4v) is 0.967. The molecule has 13 heavy (non-hydrogen) atoms. The molecule has 1 heterocycles. The minimum atomic E-state index is -2.70. The molecule has 0 saturated carbocycles. The first-order valence-corrected chi connectivity index (χ1v) is 3.57. The summed E-state index contributed by atoms with van der Waals surface area (Å²) in [6.07, 6.45) is -1.64. The van der Waals surface area contributed by atoms with Crippen LogP contribution in [-0.4, -0.2) is 10.9 Å². The number of carbonyl (C=O) groups excluding carboxylic acids is 1. The van der Waals surface area contributed by atoms with Gasteiger partial charge in [-0.05, 0) is 13.0 Å². The quantitative estimate of drug-likeness (QED) is 0.759. The van der Waals surface area contributed by atoms with Crippen LogP contribution in [-0.2, 0) is 0 Å². The molecule has 0 atom stereocenters. The molecule has 0 spiro atoms. The van der Waals surface area contributed by atoms with E-state index >= 15 is 0 Å². The van der Waals surface area contributed by atoms with Crippen molar-refractivity contribution in [3.63, 3.8) is 0 Å². The van der Waals surface area contributed by atoms with Gasteiger partial charge in [0.15, 0.2) is 0 Å². The van der Waals surface area contributed by atoms with Crippen molar-refractivity contribution in [1.82, 2.24) is 4.98 Å². The number of amides is 1. The summed E-state index contributed by atoms with van der Waals surface area (Å²) >= 11 is 0. The van der Waals surface area contributed by atoms with Gasteiger partial charge in [0.05, 0.1) is 5.56 Å². The Bertz CT molecular complexity index is 339. The number of alkyl halides is 2. The van der Waals surface area contributed by atoms with Crippen molar-refractivity contribution in [3.8, 4) is 0 Å². The van der Waals surface area contributed by atoms with Crippen LogP contribution in [0.2, 0.25) is 0 Å². The number of hydrogen-bond acceptors (Lipinski definition) is 2. The summed E-state index contributed by atoms with van der Waals surface area (Å²) in [5.74, 6) is -0.886. The van der Waals surface area contributed by atoms with Crippen LogP contribution in [0, 0.1) is 6.92 Å². The molecular formula is C8H8F2N2O. The number of carbonyl (C=O) groups is 1. The molecule has 0 aromatic carbocycles. The van der Waals surface area contributed by atoms with E-state index < -0.39 is 12.3 Å².